The van der Waals surface area contributed by atoms with Crippen LogP contribution in [-0.4, -0.2) is 79.7 Å². The Kier molecular flexibility index (Phi) is 7.51. The Labute approximate surface area is 182 Å². The number of aliphatic hydroxyl groups is 6. The summed E-state index contributed by atoms with van der Waals surface area (Å²) in [5, 5.41) is 68.6. The summed E-state index contributed by atoms with van der Waals surface area (Å²) in [5.41, 5.74) is 0.139. The third-order valence-electron chi connectivity index (χ3n) is 5.25. The maximum absolute atomic E-state index is 12.5. The van der Waals surface area contributed by atoms with Gasteiger partial charge < -0.3 is 49.6 Å². The normalized spacial score (nSPS) is 26.5. The maximum atomic E-state index is 12.5. The molecule has 0 bridgehead atoms. The second kappa shape index (κ2) is 9.96. The molecule has 176 valence electrons. The highest BCUT2D eigenvalue weighted by Gasteiger charge is 2.45. The van der Waals surface area contributed by atoms with Crippen molar-refractivity contribution in [3.05, 3.63) is 45.3 Å². The molecule has 11 heteroatoms. The third kappa shape index (κ3) is 4.64. The highest BCUT2D eigenvalue weighted by molar-refractivity contribution is 5.88. The van der Waals surface area contributed by atoms with E-state index < -0.39 is 55.1 Å². The van der Waals surface area contributed by atoms with Crippen LogP contribution in [0.1, 0.15) is 18.2 Å². The van der Waals surface area contributed by atoms with E-state index in [0.717, 1.165) is 12.1 Å². The molecule has 1 aliphatic heterocycles. The second-order valence-corrected chi connectivity index (χ2v) is 7.54. The van der Waals surface area contributed by atoms with E-state index in [2.05, 4.69) is 0 Å². The van der Waals surface area contributed by atoms with Crippen molar-refractivity contribution in [2.24, 2.45) is 0 Å². The van der Waals surface area contributed by atoms with Gasteiger partial charge in [0, 0.05) is 17.7 Å². The molecule has 1 aromatic heterocycles. The summed E-state index contributed by atoms with van der Waals surface area (Å²) in [4.78, 5) is 12.5. The van der Waals surface area contributed by atoms with Gasteiger partial charge in [0.25, 0.3) is 0 Å². The molecule has 0 saturated carbocycles. The zero-order valence-corrected chi connectivity index (χ0v) is 17.2. The average molecular weight is 454 g/mol. The Bertz CT molecular complexity index is 1040. The van der Waals surface area contributed by atoms with Gasteiger partial charge in [0.1, 0.15) is 59.3 Å². The predicted molar refractivity (Wildman–Crippen MR) is 109 cm³/mol. The van der Waals surface area contributed by atoms with Crippen LogP contribution in [0.15, 0.2) is 33.0 Å². The summed E-state index contributed by atoms with van der Waals surface area (Å²) >= 11 is 0. The van der Waals surface area contributed by atoms with E-state index in [0.29, 0.717) is 5.57 Å². The Morgan fingerprint density at radius 3 is 2.47 bits per heavy atom. The monoisotopic (exact) mass is 454 g/mol. The number of ether oxygens (including phenoxy) is 2. The van der Waals surface area contributed by atoms with E-state index in [4.69, 9.17) is 13.9 Å². The van der Waals surface area contributed by atoms with Crippen molar-refractivity contribution in [1.29, 1.82) is 0 Å². The van der Waals surface area contributed by atoms with Gasteiger partial charge in [-0.25, -0.2) is 0 Å². The molecule has 0 aliphatic carbocycles. The number of allylic oxidation sites excluding steroid dienone is 1. The fourth-order valence-corrected chi connectivity index (χ4v) is 3.40. The van der Waals surface area contributed by atoms with Crippen LogP contribution in [-0.2, 0) is 17.8 Å². The average Bonchev–Trinajstić information content (AvgIpc) is 2.78. The van der Waals surface area contributed by atoms with E-state index in [1.807, 2.05) is 0 Å². The molecule has 32 heavy (non-hydrogen) atoms. The minimum atomic E-state index is -1.70. The smallest absolute Gasteiger partial charge is 0.229 e. The first kappa shape index (κ1) is 24.1. The Morgan fingerprint density at radius 2 is 1.84 bits per heavy atom. The number of phenols is 1. The van der Waals surface area contributed by atoms with Gasteiger partial charge in [0.05, 0.1) is 13.2 Å². The standard InChI is InChI=1S/C21H26O11/c1-9(6-22)2-3-11-14(31-21-19(29)18(28)17(27)15(8-24)32-21)5-13(26)16-12(25)4-10(7-23)30-20(11)16/h2,4-5,15,17-19,21-24,26-29H,3,6-8H2,1H3/t15-,17-,18+,19-,21-/m1/s1. The van der Waals surface area contributed by atoms with Crippen LogP contribution in [0.3, 0.4) is 0 Å². The highest BCUT2D eigenvalue weighted by atomic mass is 16.7. The van der Waals surface area contributed by atoms with Gasteiger partial charge >= 0.3 is 0 Å². The molecule has 2 heterocycles. The fraction of sp³-hybridized carbons (Fsp3) is 0.476. The van der Waals surface area contributed by atoms with E-state index >= 15 is 0 Å². The minimum absolute atomic E-state index is 0.0593. The molecule has 1 aliphatic rings. The topological polar surface area (TPSA) is 190 Å². The molecule has 3 rings (SSSR count). The molecule has 5 atom stereocenters. The van der Waals surface area contributed by atoms with Gasteiger partial charge in [-0.1, -0.05) is 11.6 Å². The molecule has 0 amide bonds. The molecule has 2 aromatic rings. The summed E-state index contributed by atoms with van der Waals surface area (Å²) in [6.45, 7) is 0.198. The maximum Gasteiger partial charge on any atom is 0.229 e. The van der Waals surface area contributed by atoms with Gasteiger partial charge in [-0.15, -0.1) is 0 Å². The molecule has 11 nitrogen and oxygen atoms in total. The number of phenolic OH excluding ortho intramolecular Hbond substituents is 1. The number of hydrogen-bond acceptors (Lipinski definition) is 11. The molecular formula is C21H26O11. The summed E-state index contributed by atoms with van der Waals surface area (Å²) in [7, 11) is 0. The molecule has 0 spiro atoms. The molecule has 1 saturated heterocycles. The molecule has 0 unspecified atom stereocenters. The van der Waals surface area contributed by atoms with E-state index in [1.54, 1.807) is 13.0 Å². The van der Waals surface area contributed by atoms with Crippen LogP contribution in [0, 0.1) is 0 Å². The fourth-order valence-electron chi connectivity index (χ4n) is 3.40. The molecule has 1 fully saturated rings. The largest absolute Gasteiger partial charge is 0.507 e. The highest BCUT2D eigenvalue weighted by Crippen LogP contribution is 2.36. The third-order valence-corrected chi connectivity index (χ3v) is 5.25. The van der Waals surface area contributed by atoms with Crippen molar-refractivity contribution < 1.29 is 49.6 Å². The molecule has 1 aromatic carbocycles. The molecule has 7 N–H and O–H groups in total. The van der Waals surface area contributed by atoms with E-state index in [9.17, 15) is 40.5 Å². The summed E-state index contributed by atoms with van der Waals surface area (Å²) in [5.74, 6) is -0.639. The van der Waals surface area contributed by atoms with E-state index in [1.165, 1.54) is 0 Å². The Morgan fingerprint density at radius 1 is 1.12 bits per heavy atom. The van der Waals surface area contributed by atoms with Crippen molar-refractivity contribution in [2.45, 2.75) is 50.7 Å². The first-order valence-corrected chi connectivity index (χ1v) is 9.87. The van der Waals surface area contributed by atoms with Gasteiger partial charge in [-0.2, -0.15) is 0 Å². The van der Waals surface area contributed by atoms with Crippen LogP contribution in [0.4, 0.5) is 0 Å². The number of aromatic hydroxyl groups is 1. The zero-order chi connectivity index (χ0) is 23.6. The quantitative estimate of drug-likeness (QED) is 0.245. The Hall–Kier alpha value is -2.51. The number of hydrogen-bond donors (Lipinski definition) is 7. The lowest BCUT2D eigenvalue weighted by Gasteiger charge is -2.39. The minimum Gasteiger partial charge on any atom is -0.507 e. The summed E-state index contributed by atoms with van der Waals surface area (Å²) in [6, 6.07) is 2.15. The second-order valence-electron chi connectivity index (χ2n) is 7.54. The SMILES string of the molecule is CC(=CCc1c(O[C@@H]2O[C@H](CO)[C@@H](O)[C@H](O)[C@H]2O)cc(O)c2c(=O)cc(CO)oc12)CO. The van der Waals surface area contributed by atoms with Crippen LogP contribution in [0.5, 0.6) is 11.5 Å². The van der Waals surface area contributed by atoms with E-state index in [-0.39, 0.29) is 41.1 Å². The van der Waals surface area contributed by atoms with Crippen molar-refractivity contribution in [3.63, 3.8) is 0 Å². The number of fused-ring (bicyclic) bond motifs is 1. The number of aliphatic hydroxyl groups excluding tert-OH is 6. The summed E-state index contributed by atoms with van der Waals surface area (Å²) in [6.07, 6.45) is -6.05. The van der Waals surface area contributed by atoms with Crippen molar-refractivity contribution in [2.75, 3.05) is 13.2 Å². The van der Waals surface area contributed by atoms with Crippen molar-refractivity contribution in [3.8, 4) is 11.5 Å². The van der Waals surface area contributed by atoms with Crippen LogP contribution < -0.4 is 10.2 Å². The van der Waals surface area contributed by atoms with Gasteiger partial charge in [0.2, 0.25) is 6.29 Å². The van der Waals surface area contributed by atoms with Gasteiger partial charge in [-0.3, -0.25) is 4.79 Å². The number of rotatable bonds is 7. The zero-order valence-electron chi connectivity index (χ0n) is 17.2. The van der Waals surface area contributed by atoms with Crippen molar-refractivity contribution in [1.82, 2.24) is 0 Å². The van der Waals surface area contributed by atoms with Crippen LogP contribution >= 0.6 is 0 Å². The lowest BCUT2D eigenvalue weighted by Crippen LogP contribution is -2.60. The molecular weight excluding hydrogens is 428 g/mol. The van der Waals surface area contributed by atoms with Crippen LogP contribution in [0.25, 0.3) is 11.0 Å². The first-order valence-electron chi connectivity index (χ1n) is 9.87. The predicted octanol–water partition coefficient (Wildman–Crippen LogP) is -1.35. The first-order chi connectivity index (χ1) is 15.2. The lowest BCUT2D eigenvalue weighted by atomic mass is 9.99. The molecule has 0 radical (unpaired) electrons. The summed E-state index contributed by atoms with van der Waals surface area (Å²) < 4.78 is 16.6. The lowest BCUT2D eigenvalue weighted by molar-refractivity contribution is -0.277. The number of benzene rings is 1. The van der Waals surface area contributed by atoms with Crippen LogP contribution in [0.2, 0.25) is 0 Å². The van der Waals surface area contributed by atoms with Crippen molar-refractivity contribution >= 4 is 11.0 Å². The van der Waals surface area contributed by atoms with Gasteiger partial charge in [-0.05, 0) is 13.3 Å². The van der Waals surface area contributed by atoms with Gasteiger partial charge in [0.15, 0.2) is 5.43 Å². The Balaban J connectivity index is 2.13.